The Morgan fingerprint density at radius 3 is 2.75 bits per heavy atom. The van der Waals surface area contributed by atoms with Crippen molar-refractivity contribution in [3.8, 4) is 5.88 Å². The molecule has 1 aromatic heterocycles. The second kappa shape index (κ2) is 9.59. The Balaban J connectivity index is 1.28. The Hall–Kier alpha value is -1.82. The lowest BCUT2D eigenvalue weighted by Gasteiger charge is -2.24. The van der Waals surface area contributed by atoms with E-state index in [9.17, 15) is 0 Å². The number of guanidine groups is 1. The van der Waals surface area contributed by atoms with Gasteiger partial charge in [-0.05, 0) is 51.0 Å². The highest BCUT2D eigenvalue weighted by Gasteiger charge is 2.30. The van der Waals surface area contributed by atoms with Crippen LogP contribution >= 0.6 is 0 Å². The van der Waals surface area contributed by atoms with Crippen LogP contribution in [0.2, 0.25) is 0 Å². The van der Waals surface area contributed by atoms with Gasteiger partial charge < -0.3 is 15.4 Å². The Kier molecular flexibility index (Phi) is 6.68. The third-order valence-corrected chi connectivity index (χ3v) is 6.50. The molecule has 1 aliphatic heterocycles. The number of rotatable bonds is 6. The summed E-state index contributed by atoms with van der Waals surface area (Å²) in [4.78, 5) is 11.6. The van der Waals surface area contributed by atoms with E-state index < -0.39 is 0 Å². The maximum atomic E-state index is 6.16. The number of nitrogens with zero attached hydrogens (tertiary/aromatic N) is 3. The molecule has 4 rings (SSSR count). The molecule has 0 aromatic carbocycles. The first-order valence-corrected chi connectivity index (χ1v) is 11.1. The van der Waals surface area contributed by atoms with Crippen LogP contribution < -0.4 is 15.4 Å². The van der Waals surface area contributed by atoms with E-state index in [4.69, 9.17) is 4.74 Å². The summed E-state index contributed by atoms with van der Waals surface area (Å²) in [5, 5.41) is 7.08. The summed E-state index contributed by atoms with van der Waals surface area (Å²) in [6.07, 6.45) is 13.7. The minimum absolute atomic E-state index is 0.325. The Bertz CT molecular complexity index is 652. The van der Waals surface area contributed by atoms with Crippen molar-refractivity contribution >= 4 is 5.96 Å². The zero-order valence-electron chi connectivity index (χ0n) is 17.2. The molecule has 3 fully saturated rings. The summed E-state index contributed by atoms with van der Waals surface area (Å²) >= 11 is 0. The fraction of sp³-hybridized carbons (Fsp3) is 0.727. The molecule has 3 aliphatic rings. The molecule has 0 amide bonds. The highest BCUT2D eigenvalue weighted by molar-refractivity contribution is 5.80. The molecule has 1 atom stereocenters. The third-order valence-electron chi connectivity index (χ3n) is 6.50. The minimum Gasteiger partial charge on any atom is -0.474 e. The summed E-state index contributed by atoms with van der Waals surface area (Å²) in [5.74, 6) is 1.64. The predicted molar refractivity (Wildman–Crippen MR) is 113 cm³/mol. The van der Waals surface area contributed by atoms with Crippen molar-refractivity contribution in [3.05, 3.63) is 23.9 Å². The topological polar surface area (TPSA) is 61.8 Å². The van der Waals surface area contributed by atoms with Crippen molar-refractivity contribution in [2.75, 3.05) is 20.1 Å². The number of nitrogens with one attached hydrogen (secondary N) is 2. The first-order chi connectivity index (χ1) is 13.8. The lowest BCUT2D eigenvalue weighted by atomic mass is 10.2. The third kappa shape index (κ3) is 4.96. The lowest BCUT2D eigenvalue weighted by Crippen LogP contribution is -2.45. The van der Waals surface area contributed by atoms with Gasteiger partial charge in [0, 0.05) is 50.5 Å². The van der Waals surface area contributed by atoms with Crippen molar-refractivity contribution in [1.29, 1.82) is 0 Å². The van der Waals surface area contributed by atoms with Gasteiger partial charge in [-0.1, -0.05) is 18.9 Å². The van der Waals surface area contributed by atoms with Gasteiger partial charge in [-0.3, -0.25) is 9.89 Å². The molecule has 6 heteroatoms. The van der Waals surface area contributed by atoms with Gasteiger partial charge in [0.2, 0.25) is 5.88 Å². The standard InChI is InChI=1S/C22H35N5O/c1-23-22(26-18-12-14-27(16-18)19-8-2-3-9-19)25-15-17-7-6-13-24-21(17)28-20-10-4-5-11-20/h6-7,13,18-20H,2-5,8-12,14-16H2,1H3,(H2,23,25,26). The average Bonchev–Trinajstić information content (AvgIpc) is 3.48. The van der Waals surface area contributed by atoms with Gasteiger partial charge in [-0.2, -0.15) is 0 Å². The molecule has 0 spiro atoms. The molecule has 2 saturated carbocycles. The monoisotopic (exact) mass is 385 g/mol. The molecule has 2 heterocycles. The molecule has 28 heavy (non-hydrogen) atoms. The van der Waals surface area contributed by atoms with Gasteiger partial charge in [0.15, 0.2) is 5.96 Å². The summed E-state index contributed by atoms with van der Waals surface area (Å²) in [5.41, 5.74) is 1.09. The summed E-state index contributed by atoms with van der Waals surface area (Å²) in [6.45, 7) is 3.02. The van der Waals surface area contributed by atoms with Crippen LogP contribution in [0.15, 0.2) is 23.3 Å². The first-order valence-electron chi connectivity index (χ1n) is 11.1. The lowest BCUT2D eigenvalue weighted by molar-refractivity contribution is 0.199. The smallest absolute Gasteiger partial charge is 0.218 e. The van der Waals surface area contributed by atoms with E-state index in [2.05, 4.69) is 31.6 Å². The quantitative estimate of drug-likeness (QED) is 0.582. The minimum atomic E-state index is 0.325. The van der Waals surface area contributed by atoms with Crippen molar-refractivity contribution in [3.63, 3.8) is 0 Å². The number of hydrogen-bond donors (Lipinski definition) is 2. The number of aliphatic imine (C=N–C) groups is 1. The van der Waals surface area contributed by atoms with E-state index in [-0.39, 0.29) is 0 Å². The normalized spacial score (nSPS) is 24.8. The summed E-state index contributed by atoms with van der Waals surface area (Å²) in [7, 11) is 1.85. The molecular formula is C22H35N5O. The fourth-order valence-electron chi connectivity index (χ4n) is 4.90. The van der Waals surface area contributed by atoms with E-state index in [0.717, 1.165) is 42.8 Å². The molecular weight excluding hydrogens is 350 g/mol. The highest BCUT2D eigenvalue weighted by atomic mass is 16.5. The Labute approximate surface area is 169 Å². The number of likely N-dealkylation sites (tertiary alicyclic amines) is 1. The molecule has 0 bridgehead atoms. The van der Waals surface area contributed by atoms with Gasteiger partial charge in [-0.25, -0.2) is 4.98 Å². The van der Waals surface area contributed by atoms with Gasteiger partial charge in [0.25, 0.3) is 0 Å². The van der Waals surface area contributed by atoms with Crippen LogP contribution in [0, 0.1) is 0 Å². The van der Waals surface area contributed by atoms with Crippen LogP contribution in [0.1, 0.15) is 63.4 Å². The number of ether oxygens (including phenoxy) is 1. The van der Waals surface area contributed by atoms with Crippen LogP contribution in [0.4, 0.5) is 0 Å². The molecule has 1 unspecified atom stereocenters. The van der Waals surface area contributed by atoms with Crippen molar-refractivity contribution < 1.29 is 4.74 Å². The molecule has 1 saturated heterocycles. The van der Waals surface area contributed by atoms with Gasteiger partial charge in [-0.15, -0.1) is 0 Å². The van der Waals surface area contributed by atoms with Gasteiger partial charge in [0.1, 0.15) is 6.10 Å². The van der Waals surface area contributed by atoms with Crippen LogP contribution in [0.5, 0.6) is 5.88 Å². The second-order valence-electron chi connectivity index (χ2n) is 8.48. The van der Waals surface area contributed by atoms with Crippen molar-refractivity contribution in [1.82, 2.24) is 20.5 Å². The van der Waals surface area contributed by atoms with Crippen molar-refractivity contribution in [2.45, 2.75) is 82.5 Å². The predicted octanol–water partition coefficient (Wildman–Crippen LogP) is 3.08. The Morgan fingerprint density at radius 1 is 1.18 bits per heavy atom. The van der Waals surface area contributed by atoms with Crippen LogP contribution in [-0.2, 0) is 6.54 Å². The molecule has 2 aliphatic carbocycles. The van der Waals surface area contributed by atoms with E-state index in [0.29, 0.717) is 18.7 Å². The van der Waals surface area contributed by atoms with Crippen LogP contribution in [-0.4, -0.2) is 54.2 Å². The highest BCUT2D eigenvalue weighted by Crippen LogP contribution is 2.27. The maximum absolute atomic E-state index is 6.16. The van der Waals surface area contributed by atoms with Crippen molar-refractivity contribution in [2.24, 2.45) is 4.99 Å². The molecule has 0 radical (unpaired) electrons. The van der Waals surface area contributed by atoms with Gasteiger partial charge in [0.05, 0.1) is 0 Å². The molecule has 6 nitrogen and oxygen atoms in total. The zero-order valence-corrected chi connectivity index (χ0v) is 17.2. The number of aromatic nitrogens is 1. The Morgan fingerprint density at radius 2 is 1.96 bits per heavy atom. The molecule has 2 N–H and O–H groups in total. The van der Waals surface area contributed by atoms with E-state index >= 15 is 0 Å². The van der Waals surface area contributed by atoms with E-state index in [1.807, 2.05) is 19.3 Å². The SMILES string of the molecule is CN=C(NCc1cccnc1OC1CCCC1)NC1CCN(C2CCCC2)C1. The van der Waals surface area contributed by atoms with Crippen LogP contribution in [0.25, 0.3) is 0 Å². The first kappa shape index (κ1) is 19.5. The fourth-order valence-corrected chi connectivity index (χ4v) is 4.90. The summed E-state index contributed by atoms with van der Waals surface area (Å²) < 4.78 is 6.16. The maximum Gasteiger partial charge on any atom is 0.218 e. The molecule has 1 aromatic rings. The van der Waals surface area contributed by atoms with Gasteiger partial charge >= 0.3 is 0 Å². The number of pyridine rings is 1. The zero-order chi connectivity index (χ0) is 19.2. The van der Waals surface area contributed by atoms with E-state index in [1.54, 1.807) is 0 Å². The average molecular weight is 386 g/mol. The van der Waals surface area contributed by atoms with Crippen LogP contribution in [0.3, 0.4) is 0 Å². The van der Waals surface area contributed by atoms with E-state index in [1.165, 1.54) is 51.5 Å². The summed E-state index contributed by atoms with van der Waals surface area (Å²) in [6, 6.07) is 5.36. The second-order valence-corrected chi connectivity index (χ2v) is 8.48. The molecule has 154 valence electrons. The largest absolute Gasteiger partial charge is 0.474 e. The number of hydrogen-bond acceptors (Lipinski definition) is 4.